The molecule has 1 aromatic carbocycles. The Balaban J connectivity index is 1.88. The Morgan fingerprint density at radius 1 is 1.21 bits per heavy atom. The highest BCUT2D eigenvalue weighted by atomic mass is 19.1. The molecule has 2 fully saturated rings. The first-order valence-electron chi connectivity index (χ1n) is 7.44. The van der Waals surface area contributed by atoms with Crippen LogP contribution in [0.15, 0.2) is 18.2 Å². The van der Waals surface area contributed by atoms with Crippen LogP contribution in [-0.4, -0.2) is 13.1 Å². The molecule has 0 spiro atoms. The Kier molecular flexibility index (Phi) is 3.48. The fourth-order valence-corrected chi connectivity index (χ4v) is 2.75. The minimum absolute atomic E-state index is 0.163. The van der Waals surface area contributed by atoms with Gasteiger partial charge < -0.3 is 10.6 Å². The summed E-state index contributed by atoms with van der Waals surface area (Å²) in [5.74, 6) is 1.45. The van der Waals surface area contributed by atoms with E-state index in [0.717, 1.165) is 30.6 Å². The van der Waals surface area contributed by atoms with E-state index in [9.17, 15) is 4.39 Å². The maximum atomic E-state index is 14.1. The summed E-state index contributed by atoms with van der Waals surface area (Å²) in [5.41, 5.74) is 7.69. The third-order valence-corrected chi connectivity index (χ3v) is 4.18. The van der Waals surface area contributed by atoms with Gasteiger partial charge in [0, 0.05) is 30.4 Å². The molecular weight excluding hydrogens is 239 g/mol. The maximum absolute atomic E-state index is 14.1. The van der Waals surface area contributed by atoms with E-state index in [4.69, 9.17) is 5.73 Å². The summed E-state index contributed by atoms with van der Waals surface area (Å²) >= 11 is 0. The maximum Gasteiger partial charge on any atom is 0.130 e. The first-order chi connectivity index (χ1) is 9.15. The summed E-state index contributed by atoms with van der Waals surface area (Å²) in [5, 5.41) is 0. The lowest BCUT2D eigenvalue weighted by atomic mass is 10.0. The third kappa shape index (κ3) is 3.08. The number of nitrogens with zero attached hydrogens (tertiary/aromatic N) is 1. The molecule has 19 heavy (non-hydrogen) atoms. The molecule has 0 radical (unpaired) electrons. The highest BCUT2D eigenvalue weighted by Crippen LogP contribution is 2.38. The molecule has 2 N–H and O–H groups in total. The van der Waals surface area contributed by atoms with Crippen molar-refractivity contribution in [3.05, 3.63) is 29.6 Å². The van der Waals surface area contributed by atoms with Gasteiger partial charge in [-0.2, -0.15) is 0 Å². The third-order valence-electron chi connectivity index (χ3n) is 4.18. The summed E-state index contributed by atoms with van der Waals surface area (Å²) in [7, 11) is 0. The predicted molar refractivity (Wildman–Crippen MR) is 76.7 cm³/mol. The van der Waals surface area contributed by atoms with Crippen molar-refractivity contribution >= 4 is 5.69 Å². The van der Waals surface area contributed by atoms with E-state index >= 15 is 0 Å². The molecule has 0 amide bonds. The average Bonchev–Trinajstić information content (AvgIpc) is 3.22. The van der Waals surface area contributed by atoms with E-state index in [2.05, 4.69) is 4.90 Å². The van der Waals surface area contributed by atoms with Crippen LogP contribution in [0.3, 0.4) is 0 Å². The normalized spacial score (nSPS) is 20.4. The Hall–Kier alpha value is -1.09. The molecule has 2 nitrogen and oxygen atoms in total. The number of nitrogens with two attached hydrogens (primary N) is 1. The minimum Gasteiger partial charge on any atom is -0.371 e. The highest BCUT2D eigenvalue weighted by molar-refractivity contribution is 5.56. The standard InChI is InChI=1S/C16H23FN2/c1-11(18)16-14(17)3-2-4-15(16)19(9-12-5-6-12)10-13-7-8-13/h2-4,11-13H,5-10,18H2,1H3/t11-/m1/s1. The molecule has 0 unspecified atom stereocenters. The van der Waals surface area contributed by atoms with E-state index in [1.54, 1.807) is 0 Å². The summed E-state index contributed by atoms with van der Waals surface area (Å²) < 4.78 is 14.1. The van der Waals surface area contributed by atoms with Crippen LogP contribution in [0.4, 0.5) is 10.1 Å². The Morgan fingerprint density at radius 2 is 1.79 bits per heavy atom. The monoisotopic (exact) mass is 262 g/mol. The number of hydrogen-bond acceptors (Lipinski definition) is 2. The molecule has 104 valence electrons. The van der Waals surface area contributed by atoms with Gasteiger partial charge in [-0.3, -0.25) is 0 Å². The van der Waals surface area contributed by atoms with Crippen molar-refractivity contribution in [2.24, 2.45) is 17.6 Å². The first-order valence-corrected chi connectivity index (χ1v) is 7.44. The van der Waals surface area contributed by atoms with Gasteiger partial charge in [0.15, 0.2) is 0 Å². The molecule has 2 aliphatic carbocycles. The molecule has 0 saturated heterocycles. The zero-order valence-corrected chi connectivity index (χ0v) is 11.6. The van der Waals surface area contributed by atoms with Gasteiger partial charge in [0.25, 0.3) is 0 Å². The van der Waals surface area contributed by atoms with Gasteiger partial charge in [-0.25, -0.2) is 4.39 Å². The van der Waals surface area contributed by atoms with Crippen molar-refractivity contribution in [2.75, 3.05) is 18.0 Å². The van der Waals surface area contributed by atoms with Gasteiger partial charge in [0.2, 0.25) is 0 Å². The molecule has 3 rings (SSSR count). The number of hydrogen-bond donors (Lipinski definition) is 1. The molecule has 1 aromatic rings. The number of benzene rings is 1. The Morgan fingerprint density at radius 3 is 2.26 bits per heavy atom. The molecule has 0 bridgehead atoms. The van der Waals surface area contributed by atoms with Crippen LogP contribution < -0.4 is 10.6 Å². The lowest BCUT2D eigenvalue weighted by Gasteiger charge is -2.28. The van der Waals surface area contributed by atoms with Crippen molar-refractivity contribution in [3.8, 4) is 0 Å². The predicted octanol–water partition coefficient (Wildman–Crippen LogP) is 3.47. The quantitative estimate of drug-likeness (QED) is 0.850. The average molecular weight is 262 g/mol. The molecule has 3 heteroatoms. The number of halogens is 1. The van der Waals surface area contributed by atoms with Crippen LogP contribution >= 0.6 is 0 Å². The zero-order chi connectivity index (χ0) is 13.4. The smallest absolute Gasteiger partial charge is 0.130 e. The number of rotatable bonds is 6. The number of anilines is 1. The van der Waals surface area contributed by atoms with E-state index < -0.39 is 0 Å². The molecule has 0 aromatic heterocycles. The lowest BCUT2D eigenvalue weighted by molar-refractivity contribution is 0.587. The van der Waals surface area contributed by atoms with E-state index in [0.29, 0.717) is 5.56 Å². The lowest BCUT2D eigenvalue weighted by Crippen LogP contribution is -2.30. The van der Waals surface area contributed by atoms with Gasteiger partial charge in [0.1, 0.15) is 5.82 Å². The van der Waals surface area contributed by atoms with Crippen molar-refractivity contribution < 1.29 is 4.39 Å². The summed E-state index contributed by atoms with van der Waals surface area (Å²) in [6.45, 7) is 4.01. The minimum atomic E-state index is -0.253. The van der Waals surface area contributed by atoms with Crippen LogP contribution in [0.25, 0.3) is 0 Å². The van der Waals surface area contributed by atoms with E-state index in [1.807, 2.05) is 19.1 Å². The van der Waals surface area contributed by atoms with Gasteiger partial charge >= 0.3 is 0 Å². The van der Waals surface area contributed by atoms with Gasteiger partial charge in [-0.1, -0.05) is 6.07 Å². The molecule has 2 saturated carbocycles. The summed E-state index contributed by atoms with van der Waals surface area (Å²) in [6.07, 6.45) is 5.29. The second kappa shape index (κ2) is 5.12. The SMILES string of the molecule is C[C@@H](N)c1c(F)cccc1N(CC1CC1)CC1CC1. The van der Waals surface area contributed by atoms with E-state index in [-0.39, 0.29) is 11.9 Å². The van der Waals surface area contributed by atoms with Crippen LogP contribution in [-0.2, 0) is 0 Å². The molecule has 1 atom stereocenters. The fourth-order valence-electron chi connectivity index (χ4n) is 2.75. The molecule has 0 aliphatic heterocycles. The first kappa shape index (κ1) is 12.9. The Labute approximate surface area is 114 Å². The second-order valence-corrected chi connectivity index (χ2v) is 6.25. The Bertz CT molecular complexity index is 436. The fraction of sp³-hybridized carbons (Fsp3) is 0.625. The second-order valence-electron chi connectivity index (χ2n) is 6.25. The van der Waals surface area contributed by atoms with Crippen molar-refractivity contribution in [3.63, 3.8) is 0 Å². The van der Waals surface area contributed by atoms with Crippen LogP contribution in [0.1, 0.15) is 44.2 Å². The highest BCUT2D eigenvalue weighted by Gasteiger charge is 2.30. The molecule has 2 aliphatic rings. The van der Waals surface area contributed by atoms with Crippen molar-refractivity contribution in [2.45, 2.75) is 38.6 Å². The van der Waals surface area contributed by atoms with Crippen molar-refractivity contribution in [1.82, 2.24) is 0 Å². The summed E-state index contributed by atoms with van der Waals surface area (Å²) in [4.78, 5) is 2.39. The largest absolute Gasteiger partial charge is 0.371 e. The van der Waals surface area contributed by atoms with Crippen molar-refractivity contribution in [1.29, 1.82) is 0 Å². The molecule has 0 heterocycles. The van der Waals surface area contributed by atoms with Crippen LogP contribution in [0.5, 0.6) is 0 Å². The van der Waals surface area contributed by atoms with Gasteiger partial charge in [-0.05, 0) is 56.6 Å². The van der Waals surface area contributed by atoms with E-state index in [1.165, 1.54) is 31.7 Å². The molecular formula is C16H23FN2. The van der Waals surface area contributed by atoms with Gasteiger partial charge in [0.05, 0.1) is 0 Å². The van der Waals surface area contributed by atoms with Crippen LogP contribution in [0, 0.1) is 17.7 Å². The zero-order valence-electron chi connectivity index (χ0n) is 11.6. The van der Waals surface area contributed by atoms with Gasteiger partial charge in [-0.15, -0.1) is 0 Å². The summed E-state index contributed by atoms with van der Waals surface area (Å²) in [6, 6.07) is 5.11. The van der Waals surface area contributed by atoms with Crippen LogP contribution in [0.2, 0.25) is 0 Å². The topological polar surface area (TPSA) is 29.3 Å².